The fraction of sp³-hybridized carbons (Fsp3) is 0.333. The van der Waals surface area contributed by atoms with E-state index in [9.17, 15) is 14.4 Å². The van der Waals surface area contributed by atoms with Gasteiger partial charge in [0.05, 0.1) is 16.6 Å². The molecule has 7 nitrogen and oxygen atoms in total. The van der Waals surface area contributed by atoms with E-state index in [1.807, 2.05) is 6.92 Å². The number of fused-ring (bicyclic) bond motifs is 1. The van der Waals surface area contributed by atoms with Gasteiger partial charge in [0.2, 0.25) is 0 Å². The fourth-order valence-electron chi connectivity index (χ4n) is 2.51. The molecule has 0 bridgehead atoms. The van der Waals surface area contributed by atoms with Crippen LogP contribution in [0, 0.1) is 0 Å². The second-order valence-corrected chi connectivity index (χ2v) is 8.45. The molecule has 1 aliphatic heterocycles. The number of benzene rings is 1. The molecule has 0 saturated heterocycles. The summed E-state index contributed by atoms with van der Waals surface area (Å²) in [7, 11) is 0. The first-order chi connectivity index (χ1) is 13.0. The molecule has 3 rings (SSSR count). The predicted octanol–water partition coefficient (Wildman–Crippen LogP) is 2.72. The summed E-state index contributed by atoms with van der Waals surface area (Å²) in [6.07, 6.45) is 0. The molecule has 0 saturated carbocycles. The number of thioether (sulfide) groups is 2. The summed E-state index contributed by atoms with van der Waals surface area (Å²) in [4.78, 5) is 43.1. The topological polar surface area (TPSA) is 101 Å². The Labute approximate surface area is 164 Å². The summed E-state index contributed by atoms with van der Waals surface area (Å²) in [5.74, 6) is 1.75. The molecule has 0 aliphatic carbocycles. The predicted molar refractivity (Wildman–Crippen MR) is 107 cm³/mol. The summed E-state index contributed by atoms with van der Waals surface area (Å²) in [5.41, 5.74) is 1.41. The monoisotopic (exact) mass is 405 g/mol. The smallest absolute Gasteiger partial charge is 0.262 e. The number of hydrogen-bond donors (Lipinski definition) is 2. The number of amides is 1. The van der Waals surface area contributed by atoms with Crippen molar-refractivity contribution in [2.45, 2.75) is 30.0 Å². The molecular weight excluding hydrogens is 386 g/mol. The average Bonchev–Trinajstić information content (AvgIpc) is 2.64. The zero-order valence-corrected chi connectivity index (χ0v) is 16.5. The lowest BCUT2D eigenvalue weighted by atomic mass is 10.1. The number of nitrogens with one attached hydrogen (secondary N) is 2. The molecule has 2 aromatic rings. The Morgan fingerprint density at radius 2 is 2.15 bits per heavy atom. The molecule has 1 aromatic heterocycles. The molecule has 142 valence electrons. The minimum absolute atomic E-state index is 0.0295. The second kappa shape index (κ2) is 8.62. The Morgan fingerprint density at radius 3 is 2.93 bits per heavy atom. The lowest BCUT2D eigenvalue weighted by molar-refractivity contribution is -0.118. The average molecular weight is 406 g/mol. The second-order valence-electron chi connectivity index (χ2n) is 5.85. The van der Waals surface area contributed by atoms with Gasteiger partial charge in [-0.25, -0.2) is 4.98 Å². The zero-order chi connectivity index (χ0) is 19.4. The summed E-state index contributed by atoms with van der Waals surface area (Å²) in [6, 6.07) is 6.42. The molecular formula is C18H19N3O4S2. The summed E-state index contributed by atoms with van der Waals surface area (Å²) in [5, 5.41) is 2.66. The van der Waals surface area contributed by atoms with E-state index in [2.05, 4.69) is 15.3 Å². The third kappa shape index (κ3) is 4.92. The van der Waals surface area contributed by atoms with Gasteiger partial charge in [-0.3, -0.25) is 14.4 Å². The van der Waals surface area contributed by atoms with Crippen LogP contribution in [-0.4, -0.2) is 39.3 Å². The highest BCUT2D eigenvalue weighted by Crippen LogP contribution is 2.30. The number of H-pyrrole nitrogens is 1. The molecule has 1 aliphatic rings. The van der Waals surface area contributed by atoms with Gasteiger partial charge in [0, 0.05) is 17.4 Å². The molecule has 2 heterocycles. The molecule has 0 fully saturated rings. The van der Waals surface area contributed by atoms with Crippen molar-refractivity contribution in [3.63, 3.8) is 0 Å². The highest BCUT2D eigenvalue weighted by atomic mass is 32.2. The van der Waals surface area contributed by atoms with Gasteiger partial charge in [-0.2, -0.15) is 11.8 Å². The minimum Gasteiger partial charge on any atom is -0.482 e. The number of rotatable bonds is 7. The van der Waals surface area contributed by atoms with E-state index in [-0.39, 0.29) is 23.9 Å². The Balaban J connectivity index is 1.74. The van der Waals surface area contributed by atoms with Crippen LogP contribution in [0.5, 0.6) is 5.75 Å². The van der Waals surface area contributed by atoms with Gasteiger partial charge in [0.15, 0.2) is 17.5 Å². The number of ketones is 1. The van der Waals surface area contributed by atoms with Gasteiger partial charge in [-0.15, -0.1) is 0 Å². The van der Waals surface area contributed by atoms with Crippen molar-refractivity contribution >= 4 is 40.9 Å². The van der Waals surface area contributed by atoms with E-state index in [0.29, 0.717) is 33.6 Å². The van der Waals surface area contributed by atoms with Crippen LogP contribution in [0.25, 0.3) is 0 Å². The van der Waals surface area contributed by atoms with Gasteiger partial charge in [0.25, 0.3) is 11.5 Å². The lowest BCUT2D eigenvalue weighted by Gasteiger charge is -2.19. The first-order valence-electron chi connectivity index (χ1n) is 8.42. The Kier molecular flexibility index (Phi) is 6.22. The van der Waals surface area contributed by atoms with Crippen LogP contribution in [0.15, 0.2) is 34.2 Å². The van der Waals surface area contributed by atoms with E-state index < -0.39 is 5.25 Å². The van der Waals surface area contributed by atoms with E-state index in [1.165, 1.54) is 17.8 Å². The van der Waals surface area contributed by atoms with Crippen molar-refractivity contribution in [2.24, 2.45) is 0 Å². The quantitative estimate of drug-likeness (QED) is 0.415. The number of aromatic amines is 1. The highest BCUT2D eigenvalue weighted by molar-refractivity contribution is 8.00. The van der Waals surface area contributed by atoms with Crippen molar-refractivity contribution in [1.82, 2.24) is 9.97 Å². The number of carbonyl (C=O) groups is 2. The van der Waals surface area contributed by atoms with Crippen LogP contribution < -0.4 is 15.6 Å². The number of nitrogens with zero attached hydrogens (tertiary/aromatic N) is 1. The molecule has 1 amide bonds. The first-order valence-corrected chi connectivity index (χ1v) is 10.4. The van der Waals surface area contributed by atoms with Gasteiger partial charge >= 0.3 is 0 Å². The number of hydrogen-bond acceptors (Lipinski definition) is 7. The van der Waals surface area contributed by atoms with Crippen LogP contribution in [0.2, 0.25) is 0 Å². The normalized spacial score (nSPS) is 14.1. The molecule has 9 heteroatoms. The Hall–Kier alpha value is -2.26. The van der Waals surface area contributed by atoms with Crippen LogP contribution in [0.3, 0.4) is 0 Å². The van der Waals surface area contributed by atoms with Crippen molar-refractivity contribution < 1.29 is 14.3 Å². The minimum atomic E-state index is -0.458. The van der Waals surface area contributed by atoms with E-state index >= 15 is 0 Å². The van der Waals surface area contributed by atoms with Crippen molar-refractivity contribution in [3.8, 4) is 5.75 Å². The largest absolute Gasteiger partial charge is 0.482 e. The van der Waals surface area contributed by atoms with Gasteiger partial charge in [-0.05, 0) is 30.9 Å². The number of Topliss-reactive ketones (excluding diaryl/α,β-unsaturated/α-hetero) is 1. The van der Waals surface area contributed by atoms with E-state index in [0.717, 1.165) is 5.75 Å². The maximum Gasteiger partial charge on any atom is 0.262 e. The molecule has 0 spiro atoms. The third-order valence-corrected chi connectivity index (χ3v) is 5.67. The van der Waals surface area contributed by atoms with Gasteiger partial charge in [-0.1, -0.05) is 18.7 Å². The van der Waals surface area contributed by atoms with Crippen molar-refractivity contribution in [3.05, 3.63) is 45.9 Å². The van der Waals surface area contributed by atoms with E-state index in [1.54, 1.807) is 36.9 Å². The number of anilines is 1. The first kappa shape index (κ1) is 19.5. The maximum absolute atomic E-state index is 12.8. The SMILES string of the molecule is CCSCc1cc(=O)[nH]c(SC(C)C(=O)c2ccc3c(c2)NC(=O)CO3)n1. The zero-order valence-electron chi connectivity index (χ0n) is 14.9. The summed E-state index contributed by atoms with van der Waals surface area (Å²) < 4.78 is 5.30. The van der Waals surface area contributed by atoms with Gasteiger partial charge < -0.3 is 15.0 Å². The molecule has 27 heavy (non-hydrogen) atoms. The highest BCUT2D eigenvalue weighted by Gasteiger charge is 2.22. The standard InChI is InChI=1S/C18H19N3O4S2/c1-3-26-9-12-7-15(22)21-18(19-12)27-10(2)17(24)11-4-5-14-13(6-11)20-16(23)8-25-14/h4-7,10H,3,8-9H2,1-2H3,(H,20,23)(H,19,21,22). The van der Waals surface area contributed by atoms with Crippen LogP contribution in [0.4, 0.5) is 5.69 Å². The number of aromatic nitrogens is 2. The Morgan fingerprint density at radius 1 is 1.33 bits per heavy atom. The molecule has 0 radical (unpaired) electrons. The van der Waals surface area contributed by atoms with Crippen molar-refractivity contribution in [2.75, 3.05) is 17.7 Å². The molecule has 1 unspecified atom stereocenters. The van der Waals surface area contributed by atoms with Gasteiger partial charge in [0.1, 0.15) is 5.75 Å². The summed E-state index contributed by atoms with van der Waals surface area (Å²) >= 11 is 2.88. The summed E-state index contributed by atoms with van der Waals surface area (Å²) in [6.45, 7) is 3.77. The fourth-order valence-corrected chi connectivity index (χ4v) is 3.98. The van der Waals surface area contributed by atoms with Crippen LogP contribution >= 0.6 is 23.5 Å². The number of ether oxygens (including phenoxy) is 1. The maximum atomic E-state index is 12.8. The lowest BCUT2D eigenvalue weighted by Crippen LogP contribution is -2.26. The van der Waals surface area contributed by atoms with Crippen molar-refractivity contribution in [1.29, 1.82) is 0 Å². The molecule has 1 atom stereocenters. The number of carbonyl (C=O) groups excluding carboxylic acids is 2. The van der Waals surface area contributed by atoms with Crippen LogP contribution in [0.1, 0.15) is 29.9 Å². The molecule has 1 aromatic carbocycles. The Bertz CT molecular complexity index is 929. The van der Waals surface area contributed by atoms with E-state index in [4.69, 9.17) is 4.74 Å². The van der Waals surface area contributed by atoms with Crippen LogP contribution in [-0.2, 0) is 10.5 Å². The molecule has 2 N–H and O–H groups in total. The third-order valence-electron chi connectivity index (χ3n) is 3.78.